The van der Waals surface area contributed by atoms with E-state index in [4.69, 9.17) is 5.11 Å². The molecule has 0 aliphatic rings. The van der Waals surface area contributed by atoms with Gasteiger partial charge in [-0.3, -0.25) is 19.2 Å². The van der Waals surface area contributed by atoms with Crippen molar-refractivity contribution >= 4 is 23.7 Å². The molecular weight excluding hydrogens is 380 g/mol. The predicted molar refractivity (Wildman–Crippen MR) is 80.7 cm³/mol. The molecule has 0 radical (unpaired) electrons. The molecule has 0 fully saturated rings. The fourth-order valence-corrected chi connectivity index (χ4v) is 1.55. The predicted octanol–water partition coefficient (Wildman–Crippen LogP) is 2.40. The van der Waals surface area contributed by atoms with Crippen LogP contribution in [-0.2, 0) is 23.9 Å². The maximum Gasteiger partial charge on any atom is 0.317 e. The lowest BCUT2D eigenvalue weighted by Crippen LogP contribution is -2.14. The third-order valence-electron chi connectivity index (χ3n) is 2.61. The number of ketones is 1. The highest BCUT2D eigenvalue weighted by Gasteiger charge is 2.24. The Kier molecular flexibility index (Phi) is 10.3. The summed E-state index contributed by atoms with van der Waals surface area (Å²) in [5, 5.41) is 8.01. The first-order chi connectivity index (χ1) is 12.5. The van der Waals surface area contributed by atoms with Crippen molar-refractivity contribution in [1.29, 1.82) is 0 Å². The molecule has 150 valence electrons. The van der Waals surface area contributed by atoms with Crippen LogP contribution < -0.4 is 0 Å². The molecule has 0 atom stereocenters. The average Bonchev–Trinajstić information content (AvgIpc) is 2.56. The maximum atomic E-state index is 13.2. The molecule has 0 bridgehead atoms. The number of esters is 2. The van der Waals surface area contributed by atoms with Crippen LogP contribution in [0.3, 0.4) is 0 Å². The zero-order valence-electron chi connectivity index (χ0n) is 14.3. The Morgan fingerprint density at radius 2 is 1.33 bits per heavy atom. The van der Waals surface area contributed by atoms with Crippen molar-refractivity contribution in [2.45, 2.75) is 26.7 Å². The maximum absolute atomic E-state index is 13.2. The number of ether oxygens (including phenoxy) is 2. The molecule has 11 heteroatoms. The third-order valence-corrected chi connectivity index (χ3v) is 2.61. The fourth-order valence-electron chi connectivity index (χ4n) is 1.55. The number of carboxylic acids is 1. The molecule has 0 saturated carbocycles. The zero-order valence-corrected chi connectivity index (χ0v) is 14.3. The van der Waals surface area contributed by atoms with E-state index in [1.54, 1.807) is 6.92 Å². The normalized spacial score (nSPS) is 9.70. The van der Waals surface area contributed by atoms with Gasteiger partial charge in [-0.05, 0) is 19.9 Å². The van der Waals surface area contributed by atoms with Gasteiger partial charge in [0.2, 0.25) is 0 Å². The third kappa shape index (κ3) is 8.29. The van der Waals surface area contributed by atoms with Gasteiger partial charge in [-0.15, -0.1) is 0 Å². The number of hydrogen-bond donors (Lipinski definition) is 1. The van der Waals surface area contributed by atoms with E-state index in [-0.39, 0.29) is 19.3 Å². The zero-order chi connectivity index (χ0) is 21.1. The van der Waals surface area contributed by atoms with Crippen LogP contribution in [-0.4, -0.2) is 42.0 Å². The van der Waals surface area contributed by atoms with Crippen LogP contribution in [0.1, 0.15) is 37.0 Å². The van der Waals surface area contributed by atoms with E-state index in [1.807, 2.05) is 0 Å². The van der Waals surface area contributed by atoms with E-state index in [1.165, 1.54) is 6.92 Å². The van der Waals surface area contributed by atoms with Crippen molar-refractivity contribution in [3.8, 4) is 0 Å². The minimum Gasteiger partial charge on any atom is -0.481 e. The number of hydrogen-bond acceptors (Lipinski definition) is 6. The summed E-state index contributed by atoms with van der Waals surface area (Å²) in [5.74, 6) is -11.7. The number of carboxylic acid groups (broad SMARTS) is 1. The number of halogens is 4. The second kappa shape index (κ2) is 11.6. The van der Waals surface area contributed by atoms with Crippen LogP contribution in [0.15, 0.2) is 6.07 Å². The number of benzene rings is 1. The Morgan fingerprint density at radius 3 is 1.78 bits per heavy atom. The van der Waals surface area contributed by atoms with E-state index >= 15 is 0 Å². The van der Waals surface area contributed by atoms with Crippen molar-refractivity contribution in [2.75, 3.05) is 13.2 Å². The first-order valence-corrected chi connectivity index (χ1v) is 7.44. The molecule has 0 aromatic heterocycles. The Balaban J connectivity index is 0.000000636. The van der Waals surface area contributed by atoms with Gasteiger partial charge in [0.1, 0.15) is 12.8 Å². The number of aliphatic carboxylic acids is 1. The first-order valence-electron chi connectivity index (χ1n) is 7.44. The Morgan fingerprint density at radius 1 is 0.852 bits per heavy atom. The molecule has 0 unspecified atom stereocenters. The molecule has 0 aliphatic carbocycles. The van der Waals surface area contributed by atoms with Gasteiger partial charge in [-0.25, -0.2) is 17.6 Å². The molecular formula is C16H16F4O7. The number of carbonyl (C=O) groups excluding carboxylic acids is 3. The molecule has 7 nitrogen and oxygen atoms in total. The Labute approximate surface area is 150 Å². The van der Waals surface area contributed by atoms with Gasteiger partial charge >= 0.3 is 17.9 Å². The lowest BCUT2D eigenvalue weighted by molar-refractivity contribution is -0.151. The largest absolute Gasteiger partial charge is 0.481 e. The van der Waals surface area contributed by atoms with Crippen molar-refractivity contribution in [2.24, 2.45) is 0 Å². The molecule has 1 rings (SSSR count). The fraction of sp³-hybridized carbons (Fsp3) is 0.375. The molecule has 1 aromatic rings. The van der Waals surface area contributed by atoms with Gasteiger partial charge in [0.05, 0.1) is 18.8 Å². The minimum atomic E-state index is -2.10. The molecule has 0 saturated heterocycles. The molecule has 1 aromatic carbocycles. The number of carbonyl (C=O) groups is 4. The highest BCUT2D eigenvalue weighted by Crippen LogP contribution is 2.20. The van der Waals surface area contributed by atoms with Crippen LogP contribution in [0.25, 0.3) is 0 Å². The van der Waals surface area contributed by atoms with Crippen molar-refractivity contribution < 1.29 is 51.3 Å². The van der Waals surface area contributed by atoms with Crippen molar-refractivity contribution in [3.63, 3.8) is 0 Å². The highest BCUT2D eigenvalue weighted by molar-refractivity contribution is 6.06. The van der Waals surface area contributed by atoms with Crippen LogP contribution >= 0.6 is 0 Å². The van der Waals surface area contributed by atoms with Gasteiger partial charge in [0.15, 0.2) is 29.1 Å². The van der Waals surface area contributed by atoms with E-state index in [0.29, 0.717) is 0 Å². The van der Waals surface area contributed by atoms with Crippen LogP contribution in [0.5, 0.6) is 0 Å². The summed E-state index contributed by atoms with van der Waals surface area (Å²) in [7, 11) is 0. The Bertz CT molecular complexity index is 719. The monoisotopic (exact) mass is 396 g/mol. The molecule has 0 heterocycles. The number of Topliss-reactive ketones (excluding diaryl/α,β-unsaturated/α-hetero) is 1. The molecule has 27 heavy (non-hydrogen) atoms. The van der Waals surface area contributed by atoms with Crippen LogP contribution in [0.4, 0.5) is 17.6 Å². The smallest absolute Gasteiger partial charge is 0.317 e. The summed E-state index contributed by atoms with van der Waals surface area (Å²) in [6.07, 6.45) is -1.43. The second-order valence-corrected chi connectivity index (χ2v) is 4.63. The summed E-state index contributed by atoms with van der Waals surface area (Å²) in [5.41, 5.74) is -1.03. The summed E-state index contributed by atoms with van der Waals surface area (Å²) >= 11 is 0. The molecule has 1 N–H and O–H groups in total. The summed E-state index contributed by atoms with van der Waals surface area (Å²) in [6.45, 7) is 3.34. The molecule has 0 spiro atoms. The van der Waals surface area contributed by atoms with Gasteiger partial charge < -0.3 is 14.6 Å². The van der Waals surface area contributed by atoms with Crippen LogP contribution in [0.2, 0.25) is 0 Å². The topological polar surface area (TPSA) is 107 Å². The highest BCUT2D eigenvalue weighted by atomic mass is 19.2. The van der Waals surface area contributed by atoms with Crippen molar-refractivity contribution in [1.82, 2.24) is 0 Å². The molecule has 0 aliphatic heterocycles. The first kappa shape index (κ1) is 24.0. The standard InChI is InChI=1S/C11H8F4O3.C5H8O4/c1-2-18-8(17)4-7(16)5-3-6(12)10(14)11(15)9(5)13;1-2-9-5(8)3-4(6)7/h3H,2,4H2,1H3;2-3H2,1H3,(H,6,7). The van der Waals surface area contributed by atoms with E-state index in [0.717, 1.165) is 0 Å². The Hall–Kier alpha value is -2.98. The van der Waals surface area contributed by atoms with Gasteiger partial charge in [-0.2, -0.15) is 0 Å². The van der Waals surface area contributed by atoms with Crippen molar-refractivity contribution in [3.05, 3.63) is 34.9 Å². The van der Waals surface area contributed by atoms with Crippen LogP contribution in [0, 0.1) is 23.3 Å². The molecule has 0 amide bonds. The second-order valence-electron chi connectivity index (χ2n) is 4.63. The summed E-state index contributed by atoms with van der Waals surface area (Å²) < 4.78 is 60.2. The lowest BCUT2D eigenvalue weighted by atomic mass is 10.1. The number of rotatable bonds is 7. The summed E-state index contributed by atoms with van der Waals surface area (Å²) in [6, 6.07) is 0.204. The van der Waals surface area contributed by atoms with E-state index < -0.39 is 65.4 Å². The van der Waals surface area contributed by atoms with E-state index in [2.05, 4.69) is 9.47 Å². The van der Waals surface area contributed by atoms with Gasteiger partial charge in [0, 0.05) is 0 Å². The summed E-state index contributed by atoms with van der Waals surface area (Å²) in [4.78, 5) is 42.4. The van der Waals surface area contributed by atoms with Gasteiger partial charge in [-0.1, -0.05) is 0 Å². The van der Waals surface area contributed by atoms with Gasteiger partial charge in [0.25, 0.3) is 0 Å². The quantitative estimate of drug-likeness (QED) is 0.188. The lowest BCUT2D eigenvalue weighted by Gasteiger charge is -2.05. The SMILES string of the molecule is CCOC(=O)CC(=O)O.CCOC(=O)CC(=O)c1cc(F)c(F)c(F)c1F. The average molecular weight is 396 g/mol. The van der Waals surface area contributed by atoms with E-state index in [9.17, 15) is 36.7 Å². The minimum absolute atomic E-state index is 0.000730.